The number of nitrogens with zero attached hydrogens (tertiary/aromatic N) is 2. The first-order valence-electron chi connectivity index (χ1n) is 12.3. The van der Waals surface area contributed by atoms with Crippen molar-refractivity contribution < 1.29 is 49.2 Å². The number of hydrogen-bond acceptors (Lipinski definition) is 12. The van der Waals surface area contributed by atoms with Gasteiger partial charge < -0.3 is 31.1 Å². The number of phenols is 2. The highest BCUT2D eigenvalue weighted by Gasteiger charge is 2.42. The minimum Gasteiger partial charge on any atom is -0.507 e. The number of rotatable bonds is 10. The predicted molar refractivity (Wildman–Crippen MR) is 167 cm³/mol. The Hall–Kier alpha value is -4.52. The number of anilines is 2. The number of carboxylic acids is 2. The van der Waals surface area contributed by atoms with Crippen molar-refractivity contribution in [3.05, 3.63) is 57.3 Å². The molecule has 2 aliphatic heterocycles. The van der Waals surface area contributed by atoms with Crippen LogP contribution in [0.5, 0.6) is 11.5 Å². The largest absolute Gasteiger partial charge is 0.507 e. The number of carboxylic acid groups (broad SMARTS) is 2. The molecule has 0 aromatic heterocycles. The molecule has 2 aromatic carbocycles. The van der Waals surface area contributed by atoms with Crippen molar-refractivity contribution in [1.82, 2.24) is 9.80 Å². The first kappa shape index (κ1) is 32.4. The predicted octanol–water partition coefficient (Wildman–Crippen LogP) is 2.78. The molecule has 0 unspecified atom stereocenters. The van der Waals surface area contributed by atoms with Crippen LogP contribution in [-0.2, 0) is 19.2 Å². The van der Waals surface area contributed by atoms with Crippen molar-refractivity contribution in [3.63, 3.8) is 0 Å². The number of carbonyl (C=O) groups excluding carboxylic acids is 4. The van der Waals surface area contributed by atoms with E-state index in [9.17, 15) is 39.0 Å². The fourth-order valence-electron chi connectivity index (χ4n) is 3.90. The van der Waals surface area contributed by atoms with E-state index in [1.54, 1.807) is 0 Å². The molecule has 2 aliphatic rings. The van der Waals surface area contributed by atoms with Gasteiger partial charge in [0.25, 0.3) is 11.8 Å². The van der Waals surface area contributed by atoms with Gasteiger partial charge in [-0.25, -0.2) is 9.59 Å². The highest BCUT2D eigenvalue weighted by molar-refractivity contribution is 8.29. The van der Waals surface area contributed by atoms with Crippen molar-refractivity contribution in [1.29, 1.82) is 0 Å². The van der Waals surface area contributed by atoms with Gasteiger partial charge in [-0.2, -0.15) is 0 Å². The zero-order valence-corrected chi connectivity index (χ0v) is 25.3. The van der Waals surface area contributed by atoms with Crippen molar-refractivity contribution in [2.24, 2.45) is 0 Å². The number of nitrogens with one attached hydrogen (secondary N) is 2. The maximum absolute atomic E-state index is 13.1. The second kappa shape index (κ2) is 13.4. The summed E-state index contributed by atoms with van der Waals surface area (Å²) in [6.45, 7) is -0.267. The van der Waals surface area contributed by atoms with Gasteiger partial charge in [-0.15, -0.1) is 0 Å². The van der Waals surface area contributed by atoms with E-state index < -0.39 is 58.2 Å². The Labute approximate surface area is 267 Å². The third-order valence-corrected chi connectivity index (χ3v) is 9.08. The fraction of sp³-hybridized carbons (Fsp3) is 0.154. The molecule has 0 atom stereocenters. The number of thiocarbonyl (C=S) groups is 2. The van der Waals surface area contributed by atoms with E-state index in [-0.39, 0.29) is 55.8 Å². The summed E-state index contributed by atoms with van der Waals surface area (Å²) in [5.41, 5.74) is -0.546. The second-order valence-electron chi connectivity index (χ2n) is 8.98. The highest BCUT2D eigenvalue weighted by atomic mass is 32.2. The van der Waals surface area contributed by atoms with Crippen LogP contribution >= 0.6 is 48.0 Å². The topological polar surface area (TPSA) is 214 Å². The average molecular weight is 677 g/mol. The van der Waals surface area contributed by atoms with Crippen LogP contribution in [0.15, 0.2) is 46.2 Å². The molecule has 2 fully saturated rings. The van der Waals surface area contributed by atoms with Gasteiger partial charge in [0.2, 0.25) is 11.8 Å². The summed E-state index contributed by atoms with van der Waals surface area (Å²) in [6, 6.07) is 7.04. The first-order chi connectivity index (χ1) is 20.8. The third kappa shape index (κ3) is 7.16. The lowest BCUT2D eigenvalue weighted by atomic mass is 10.1. The summed E-state index contributed by atoms with van der Waals surface area (Å²) in [5, 5.41) is 42.4. The van der Waals surface area contributed by atoms with Gasteiger partial charge in [-0.1, -0.05) is 48.0 Å². The molecule has 0 radical (unpaired) electrons. The molecular formula is C26H20N4O10S4. The summed E-state index contributed by atoms with van der Waals surface area (Å²) in [7, 11) is 0. The summed E-state index contributed by atoms with van der Waals surface area (Å²) >= 11 is 12.3. The summed E-state index contributed by atoms with van der Waals surface area (Å²) in [5.74, 6) is -6.02. The van der Waals surface area contributed by atoms with Crippen molar-refractivity contribution in [2.75, 3.05) is 23.7 Å². The maximum Gasteiger partial charge on any atom is 0.339 e. The number of carbonyl (C=O) groups is 6. The molecule has 0 aliphatic carbocycles. The Morgan fingerprint density at radius 3 is 1.39 bits per heavy atom. The van der Waals surface area contributed by atoms with E-state index in [4.69, 9.17) is 34.6 Å². The number of aromatic carboxylic acids is 2. The molecule has 4 amide bonds. The molecule has 2 aromatic rings. The van der Waals surface area contributed by atoms with Gasteiger partial charge in [-0.3, -0.25) is 29.0 Å². The summed E-state index contributed by atoms with van der Waals surface area (Å²) in [6.07, 6.45) is -0.428. The van der Waals surface area contributed by atoms with E-state index in [2.05, 4.69) is 10.6 Å². The molecule has 2 heterocycles. The highest BCUT2D eigenvalue weighted by Crippen LogP contribution is 2.42. The number of hydrogen-bond donors (Lipinski definition) is 6. The molecule has 2 saturated heterocycles. The lowest BCUT2D eigenvalue weighted by Gasteiger charge is -2.15. The van der Waals surface area contributed by atoms with Crippen LogP contribution < -0.4 is 10.6 Å². The SMILES string of the molecule is O=C(CCN1C(=O)/C(=C2\SC(=S)N(CCC(=O)Nc3ccc(O)c(C(=O)O)c3)C2=O)SC1=S)Nc1ccc(O)c(C(=O)O)c1. The lowest BCUT2D eigenvalue weighted by Crippen LogP contribution is -2.33. The van der Waals surface area contributed by atoms with Gasteiger partial charge in [0, 0.05) is 37.3 Å². The van der Waals surface area contributed by atoms with Gasteiger partial charge in [-0.05, 0) is 36.4 Å². The molecule has 18 heteroatoms. The Morgan fingerprint density at radius 2 is 1.05 bits per heavy atom. The smallest absolute Gasteiger partial charge is 0.339 e. The molecule has 44 heavy (non-hydrogen) atoms. The van der Waals surface area contributed by atoms with E-state index >= 15 is 0 Å². The maximum atomic E-state index is 13.1. The van der Waals surface area contributed by atoms with Crippen LogP contribution in [0.4, 0.5) is 11.4 Å². The molecule has 0 saturated carbocycles. The number of amides is 4. The summed E-state index contributed by atoms with van der Waals surface area (Å²) in [4.78, 5) is 75.9. The molecule has 4 rings (SSSR count). The normalized spacial score (nSPS) is 16.5. The Balaban J connectivity index is 1.35. The van der Waals surface area contributed by atoms with Crippen LogP contribution in [0, 0.1) is 0 Å². The molecular weight excluding hydrogens is 657 g/mol. The lowest BCUT2D eigenvalue weighted by molar-refractivity contribution is -0.125. The third-order valence-electron chi connectivity index (χ3n) is 6.05. The van der Waals surface area contributed by atoms with Crippen LogP contribution in [0.2, 0.25) is 0 Å². The van der Waals surface area contributed by atoms with Crippen LogP contribution in [-0.4, -0.2) is 87.5 Å². The fourth-order valence-corrected chi connectivity index (χ4v) is 6.67. The molecule has 14 nitrogen and oxygen atoms in total. The molecule has 228 valence electrons. The molecule has 0 spiro atoms. The molecule has 0 bridgehead atoms. The van der Waals surface area contributed by atoms with E-state index in [0.29, 0.717) is 0 Å². The van der Waals surface area contributed by atoms with Gasteiger partial charge in [0.05, 0.1) is 9.81 Å². The Morgan fingerprint density at radius 1 is 0.682 bits per heavy atom. The summed E-state index contributed by atoms with van der Waals surface area (Å²) < 4.78 is 0.213. The number of aromatic hydroxyl groups is 2. The first-order valence-corrected chi connectivity index (χ1v) is 14.8. The van der Waals surface area contributed by atoms with Crippen molar-refractivity contribution in [2.45, 2.75) is 12.8 Å². The Bertz CT molecular complexity index is 1570. The van der Waals surface area contributed by atoms with Crippen LogP contribution in [0.3, 0.4) is 0 Å². The minimum absolute atomic E-state index is 0.0228. The number of benzene rings is 2. The van der Waals surface area contributed by atoms with E-state index in [1.165, 1.54) is 12.1 Å². The van der Waals surface area contributed by atoms with E-state index in [1.807, 2.05) is 0 Å². The van der Waals surface area contributed by atoms with Gasteiger partial charge in [0.1, 0.15) is 31.3 Å². The zero-order valence-electron chi connectivity index (χ0n) is 22.1. The average Bonchev–Trinajstić information content (AvgIpc) is 3.40. The second-order valence-corrected chi connectivity index (χ2v) is 12.3. The van der Waals surface area contributed by atoms with E-state index in [0.717, 1.165) is 57.6 Å². The van der Waals surface area contributed by atoms with Crippen molar-refractivity contribution >= 4 is 104 Å². The minimum atomic E-state index is -1.38. The van der Waals surface area contributed by atoms with Crippen molar-refractivity contribution in [3.8, 4) is 11.5 Å². The van der Waals surface area contributed by atoms with Gasteiger partial charge in [0.15, 0.2) is 0 Å². The zero-order chi connectivity index (χ0) is 32.3. The standard InChI is InChI=1S/C26H20N4O10S4/c31-15-3-1-11(9-13(15)23(37)38)27-17(33)5-7-29-21(35)19(43-25(29)41)20-22(36)30(26(42)44-20)8-6-18(34)28-12-2-4-16(32)14(10-12)24(39)40/h1-4,9-10,31-32H,5-8H2,(H,27,33)(H,28,34)(H,37,38)(H,39,40)/b20-19+. The monoisotopic (exact) mass is 676 g/mol. The van der Waals surface area contributed by atoms with Crippen LogP contribution in [0.1, 0.15) is 33.6 Å². The quantitative estimate of drug-likeness (QED) is 0.121. The number of thioether (sulfide) groups is 2. The Kier molecular flexibility index (Phi) is 9.88. The molecule has 6 N–H and O–H groups in total. The van der Waals surface area contributed by atoms with Gasteiger partial charge >= 0.3 is 11.9 Å². The van der Waals surface area contributed by atoms with Crippen LogP contribution in [0.25, 0.3) is 0 Å².